The number of rotatable bonds is 5. The van der Waals surface area contributed by atoms with E-state index in [-0.39, 0.29) is 11.4 Å². The van der Waals surface area contributed by atoms with Crippen molar-refractivity contribution in [2.75, 3.05) is 11.6 Å². The van der Waals surface area contributed by atoms with Crippen LogP contribution in [0.4, 0.5) is 30.2 Å². The molecule has 0 unspecified atom stereocenters. The smallest absolute Gasteiger partial charge is 0.350 e. The van der Waals surface area contributed by atoms with Gasteiger partial charge in [0.05, 0.1) is 15.5 Å². The van der Waals surface area contributed by atoms with E-state index in [2.05, 4.69) is 5.32 Å². The van der Waals surface area contributed by atoms with Crippen molar-refractivity contribution < 1.29 is 22.3 Å². The highest BCUT2D eigenvalue weighted by Gasteiger charge is 2.36. The number of nitrogens with one attached hydrogen (secondary N) is 1. The first kappa shape index (κ1) is 20.5. The van der Waals surface area contributed by atoms with E-state index in [0.29, 0.717) is 22.3 Å². The van der Waals surface area contributed by atoms with E-state index in [1.54, 1.807) is 0 Å². The number of nitrogens with zero attached hydrogens (tertiary/aromatic N) is 1. The number of alkyl halides is 3. The van der Waals surface area contributed by atoms with E-state index in [0.717, 1.165) is 6.07 Å². The molecule has 1 N–H and O–H groups in total. The summed E-state index contributed by atoms with van der Waals surface area (Å²) in [6, 6.07) is 5.71. The number of nitro benzene ring substituents is 1. The van der Waals surface area contributed by atoms with Crippen molar-refractivity contribution in [3.63, 3.8) is 0 Å². The van der Waals surface area contributed by atoms with Gasteiger partial charge in [0, 0.05) is 39.6 Å². The summed E-state index contributed by atoms with van der Waals surface area (Å²) in [5.74, 6) is 0.157. The van der Waals surface area contributed by atoms with Gasteiger partial charge in [-0.05, 0) is 29.8 Å². The maximum Gasteiger partial charge on any atom is 0.418 e. The van der Waals surface area contributed by atoms with E-state index in [1.165, 1.54) is 24.5 Å². The summed E-state index contributed by atoms with van der Waals surface area (Å²) in [7, 11) is -1.18. The van der Waals surface area contributed by atoms with Gasteiger partial charge in [-0.25, -0.2) is 0 Å². The summed E-state index contributed by atoms with van der Waals surface area (Å²) in [4.78, 5) is 10.2. The molecule has 0 fully saturated rings. The van der Waals surface area contributed by atoms with E-state index in [4.69, 9.17) is 23.2 Å². The maximum atomic E-state index is 12.9. The van der Waals surface area contributed by atoms with Crippen LogP contribution in [0.2, 0.25) is 10.0 Å². The van der Waals surface area contributed by atoms with Crippen LogP contribution in [0, 0.1) is 10.1 Å². The van der Waals surface area contributed by atoms with Gasteiger partial charge in [-0.3, -0.25) is 14.3 Å². The highest BCUT2D eigenvalue weighted by molar-refractivity contribution is 7.83. The van der Waals surface area contributed by atoms with Crippen molar-refractivity contribution in [2.45, 2.75) is 11.9 Å². The molecule has 0 aromatic heterocycles. The molecular weight excluding hydrogens is 416 g/mol. The van der Waals surface area contributed by atoms with Crippen molar-refractivity contribution in [3.05, 3.63) is 61.6 Å². The third-order valence-corrected chi connectivity index (χ3v) is 4.67. The minimum atomic E-state index is -4.82. The zero-order valence-corrected chi connectivity index (χ0v) is 15.4. The van der Waals surface area contributed by atoms with E-state index >= 15 is 0 Å². The summed E-state index contributed by atoms with van der Waals surface area (Å²) < 4.78 is 50.1. The molecule has 0 bridgehead atoms. The predicted octanol–water partition coefficient (Wildman–Crippen LogP) is 5.54. The molecule has 0 aliphatic rings. The summed E-state index contributed by atoms with van der Waals surface area (Å²) in [6.45, 7) is 0. The van der Waals surface area contributed by atoms with Crippen molar-refractivity contribution >= 4 is 51.1 Å². The molecule has 140 valence electrons. The van der Waals surface area contributed by atoms with Gasteiger partial charge in [0.25, 0.3) is 5.69 Å². The molecule has 2 aromatic rings. The second-order valence-corrected chi connectivity index (χ2v) is 7.50. The van der Waals surface area contributed by atoms with Crippen LogP contribution < -0.4 is 5.32 Å². The topological polar surface area (TPSA) is 72.2 Å². The van der Waals surface area contributed by atoms with Crippen LogP contribution in [-0.2, 0) is 22.7 Å². The first-order valence-electron chi connectivity index (χ1n) is 6.89. The molecule has 0 spiro atoms. The van der Waals surface area contributed by atoms with Crippen molar-refractivity contribution in [1.29, 1.82) is 0 Å². The van der Waals surface area contributed by atoms with E-state index < -0.39 is 38.2 Å². The maximum absolute atomic E-state index is 12.9. The number of halogens is 5. The Kier molecular flexibility index (Phi) is 6.15. The normalized spacial score (nSPS) is 12.7. The first-order valence-corrected chi connectivity index (χ1v) is 9.38. The largest absolute Gasteiger partial charge is 0.418 e. The summed E-state index contributed by atoms with van der Waals surface area (Å²) in [5, 5.41) is 13.5. The number of hydrogen-bond acceptors (Lipinski definition) is 4. The Labute approximate surface area is 158 Å². The van der Waals surface area contributed by atoms with Gasteiger partial charge < -0.3 is 5.32 Å². The Bertz CT molecular complexity index is 891. The molecule has 0 saturated carbocycles. The highest BCUT2D eigenvalue weighted by atomic mass is 35.5. The molecule has 26 heavy (non-hydrogen) atoms. The van der Waals surface area contributed by atoms with Crippen LogP contribution >= 0.6 is 23.2 Å². The lowest BCUT2D eigenvalue weighted by Crippen LogP contribution is -2.08. The molecule has 0 aliphatic heterocycles. The zero-order valence-electron chi connectivity index (χ0n) is 13.1. The lowest BCUT2D eigenvalue weighted by molar-refractivity contribution is -0.384. The molecule has 0 saturated heterocycles. The molecular formula is C15H11Cl2F3N2O3S. The SMILES string of the molecule is C[S@](=O)Cc1cc(Nc2cc(Cl)c(C(F)(F)F)cc2[N+](=O)[O-])ccc1Cl. The van der Waals surface area contributed by atoms with Gasteiger partial charge in [0.1, 0.15) is 5.69 Å². The predicted molar refractivity (Wildman–Crippen MR) is 95.6 cm³/mol. The molecule has 11 heteroatoms. The first-order chi connectivity index (χ1) is 12.0. The fourth-order valence-electron chi connectivity index (χ4n) is 2.17. The Morgan fingerprint density at radius 1 is 1.19 bits per heavy atom. The Morgan fingerprint density at radius 3 is 2.38 bits per heavy atom. The fraction of sp³-hybridized carbons (Fsp3) is 0.200. The minimum absolute atomic E-state index is 0.157. The average molecular weight is 427 g/mol. The Morgan fingerprint density at radius 2 is 1.85 bits per heavy atom. The molecule has 0 heterocycles. The number of hydrogen-bond donors (Lipinski definition) is 1. The number of anilines is 2. The highest BCUT2D eigenvalue weighted by Crippen LogP contribution is 2.41. The number of nitro groups is 1. The lowest BCUT2D eigenvalue weighted by atomic mass is 10.1. The fourth-order valence-corrected chi connectivity index (χ4v) is 3.38. The van der Waals surface area contributed by atoms with Crippen molar-refractivity contribution in [3.8, 4) is 0 Å². The van der Waals surface area contributed by atoms with Crippen molar-refractivity contribution in [1.82, 2.24) is 0 Å². The molecule has 1 atom stereocenters. The van der Waals surface area contributed by atoms with E-state index in [1.807, 2.05) is 0 Å². The molecule has 5 nitrogen and oxygen atoms in total. The second-order valence-electron chi connectivity index (χ2n) is 5.25. The number of benzene rings is 2. The van der Waals surface area contributed by atoms with Gasteiger partial charge in [-0.2, -0.15) is 13.2 Å². The lowest BCUT2D eigenvalue weighted by Gasteiger charge is -2.13. The van der Waals surface area contributed by atoms with Crippen LogP contribution in [0.5, 0.6) is 0 Å². The van der Waals surface area contributed by atoms with Crippen LogP contribution in [0.1, 0.15) is 11.1 Å². The average Bonchev–Trinajstić information content (AvgIpc) is 2.48. The van der Waals surface area contributed by atoms with Gasteiger partial charge in [0.2, 0.25) is 0 Å². The molecule has 0 amide bonds. The standard InChI is InChI=1S/C15H11Cl2F3N2O3S/c1-26(25)7-8-4-9(2-3-11(8)16)21-13-6-12(17)10(15(18,19)20)5-14(13)22(23)24/h2-6,21H,7H2,1H3/t26-/m0/s1. The Balaban J connectivity index is 2.48. The summed E-state index contributed by atoms with van der Waals surface area (Å²) in [6.07, 6.45) is -3.34. The van der Waals surface area contributed by atoms with Gasteiger partial charge in [-0.15, -0.1) is 0 Å². The van der Waals surface area contributed by atoms with Gasteiger partial charge >= 0.3 is 6.18 Å². The molecule has 2 aromatic carbocycles. The third kappa shape index (κ3) is 4.87. The summed E-state index contributed by atoms with van der Waals surface area (Å²) in [5.41, 5.74) is -1.43. The zero-order chi connectivity index (χ0) is 19.6. The second kappa shape index (κ2) is 7.81. The van der Waals surface area contributed by atoms with Crippen molar-refractivity contribution in [2.24, 2.45) is 0 Å². The summed E-state index contributed by atoms with van der Waals surface area (Å²) >= 11 is 11.6. The quantitative estimate of drug-likeness (QED) is 0.502. The van der Waals surface area contributed by atoms with Crippen LogP contribution in [0.3, 0.4) is 0 Å². The molecule has 0 radical (unpaired) electrons. The van der Waals surface area contributed by atoms with E-state index in [9.17, 15) is 27.5 Å². The monoisotopic (exact) mass is 426 g/mol. The molecule has 0 aliphatic carbocycles. The minimum Gasteiger partial charge on any atom is -0.350 e. The third-order valence-electron chi connectivity index (χ3n) is 3.27. The van der Waals surface area contributed by atoms with Gasteiger partial charge in [0.15, 0.2) is 0 Å². The van der Waals surface area contributed by atoms with Crippen LogP contribution in [0.15, 0.2) is 30.3 Å². The van der Waals surface area contributed by atoms with Crippen LogP contribution in [-0.4, -0.2) is 15.4 Å². The molecule has 2 rings (SSSR count). The Hall–Kier alpha value is -1.84. The van der Waals surface area contributed by atoms with Gasteiger partial charge in [-0.1, -0.05) is 23.2 Å². The van der Waals surface area contributed by atoms with Crippen LogP contribution in [0.25, 0.3) is 0 Å².